The molecule has 102 valence electrons. The fourth-order valence-corrected chi connectivity index (χ4v) is 2.50. The van der Waals surface area contributed by atoms with E-state index in [0.29, 0.717) is 16.3 Å². The maximum absolute atomic E-state index is 12.0. The Balaban J connectivity index is 2.30. The fraction of sp³-hybridized carbons (Fsp3) is 0.188. The number of benzene rings is 2. The number of nitrogens with one attached hydrogen (secondary N) is 1. The second kappa shape index (κ2) is 5.27. The summed E-state index contributed by atoms with van der Waals surface area (Å²) in [6.07, 6.45) is -1.50. The normalized spacial score (nSPS) is 25.3. The molecule has 1 aliphatic rings. The summed E-state index contributed by atoms with van der Waals surface area (Å²) in [4.78, 5) is 12.0. The van der Waals surface area contributed by atoms with Crippen LogP contribution in [0.4, 0.5) is 5.69 Å². The Morgan fingerprint density at radius 2 is 2.05 bits per heavy atom. The zero-order valence-electron chi connectivity index (χ0n) is 15.3. The van der Waals surface area contributed by atoms with Crippen LogP contribution < -0.4 is 5.32 Å². The number of aliphatic hydroxyl groups excluding tert-OH is 1. The van der Waals surface area contributed by atoms with Crippen LogP contribution in [-0.2, 0) is 4.79 Å². The van der Waals surface area contributed by atoms with E-state index < -0.39 is 36.1 Å². The van der Waals surface area contributed by atoms with E-state index >= 15 is 0 Å². The summed E-state index contributed by atoms with van der Waals surface area (Å²) in [6.45, 7) is 0. The summed E-state index contributed by atoms with van der Waals surface area (Å²) in [6, 6.07) is 2.57. The molecule has 2 aromatic rings. The molecule has 0 aromatic heterocycles. The van der Waals surface area contributed by atoms with Crippen molar-refractivity contribution in [2.45, 2.75) is 18.4 Å². The lowest BCUT2D eigenvalue weighted by Gasteiger charge is -2.18. The number of hydrogen-bond acceptors (Lipinski definition) is 2. The summed E-state index contributed by atoms with van der Waals surface area (Å²) in [5.74, 6) is -1.39. The van der Waals surface area contributed by atoms with Gasteiger partial charge in [-0.05, 0) is 35.7 Å². The highest BCUT2D eigenvalue weighted by Crippen LogP contribution is 2.37. The molecular weight excluding hydrogens is 274 g/mol. The van der Waals surface area contributed by atoms with Crippen molar-refractivity contribution in [2.75, 3.05) is 5.32 Å². The van der Waals surface area contributed by atoms with Crippen LogP contribution >= 0.6 is 11.6 Å². The van der Waals surface area contributed by atoms with Gasteiger partial charge in [0.2, 0.25) is 0 Å². The molecule has 3 nitrogen and oxygen atoms in total. The molecule has 1 heterocycles. The molecule has 3 rings (SSSR count). The average Bonchev–Trinajstić information content (AvgIpc) is 2.69. The van der Waals surface area contributed by atoms with Crippen molar-refractivity contribution in [3.63, 3.8) is 0 Å². The van der Waals surface area contributed by atoms with Gasteiger partial charge in [-0.2, -0.15) is 0 Å². The highest BCUT2D eigenvalue weighted by atomic mass is 35.5. The summed E-state index contributed by atoms with van der Waals surface area (Å²) < 4.78 is 39.7. The number of aliphatic hydroxyl groups is 1. The lowest BCUT2D eigenvalue weighted by molar-refractivity contribution is -0.124. The molecule has 2 N–H and O–H groups in total. The highest BCUT2D eigenvalue weighted by Gasteiger charge is 2.29. The van der Waals surface area contributed by atoms with Gasteiger partial charge in [0.1, 0.15) is 6.10 Å². The molecule has 1 aliphatic heterocycles. The van der Waals surface area contributed by atoms with Crippen LogP contribution in [0.15, 0.2) is 48.4 Å². The zero-order valence-corrected chi connectivity index (χ0v) is 11.1. The van der Waals surface area contributed by atoms with Gasteiger partial charge in [-0.15, -0.1) is 0 Å². The molecule has 0 bridgehead atoms. The van der Waals surface area contributed by atoms with Crippen LogP contribution in [0.25, 0.3) is 0 Å². The maximum atomic E-state index is 12.0. The summed E-state index contributed by atoms with van der Waals surface area (Å²) in [5.41, 5.74) is 0.920. The SMILES string of the molecule is [2H]c1c([2H])c([2H])c(C2CC(O)C(=O)Nc3ccc(Cl)cc32)c([2H])c1[2H]. The van der Waals surface area contributed by atoms with E-state index in [0.717, 1.165) is 0 Å². The molecule has 2 unspecified atom stereocenters. The second-order valence-electron chi connectivity index (χ2n) is 4.56. The molecule has 0 radical (unpaired) electrons. The van der Waals surface area contributed by atoms with Crippen LogP contribution in [0.3, 0.4) is 0 Å². The van der Waals surface area contributed by atoms with Gasteiger partial charge in [-0.25, -0.2) is 0 Å². The molecular formula is C16H14ClNO2. The Morgan fingerprint density at radius 3 is 2.80 bits per heavy atom. The molecule has 20 heavy (non-hydrogen) atoms. The van der Waals surface area contributed by atoms with E-state index in [1.54, 1.807) is 18.2 Å². The average molecular weight is 293 g/mol. The number of halogens is 1. The third-order valence-electron chi connectivity index (χ3n) is 3.28. The van der Waals surface area contributed by atoms with Crippen molar-refractivity contribution in [1.82, 2.24) is 0 Å². The summed E-state index contributed by atoms with van der Waals surface area (Å²) in [7, 11) is 0. The summed E-state index contributed by atoms with van der Waals surface area (Å²) >= 11 is 6.05. The Labute approximate surface area is 129 Å². The van der Waals surface area contributed by atoms with Crippen LogP contribution in [0.1, 0.15) is 30.3 Å². The van der Waals surface area contributed by atoms with Gasteiger partial charge in [0, 0.05) is 16.6 Å². The number of anilines is 1. The monoisotopic (exact) mass is 292 g/mol. The Bertz CT molecular complexity index is 860. The minimum absolute atomic E-state index is 0.0325. The molecule has 1 amide bonds. The summed E-state index contributed by atoms with van der Waals surface area (Å²) in [5, 5.41) is 13.1. The lowest BCUT2D eigenvalue weighted by Crippen LogP contribution is -2.26. The van der Waals surface area contributed by atoms with Crippen LogP contribution in [0.2, 0.25) is 5.02 Å². The quantitative estimate of drug-likeness (QED) is 0.848. The zero-order chi connectivity index (χ0) is 18.5. The van der Waals surface area contributed by atoms with Crippen molar-refractivity contribution in [1.29, 1.82) is 0 Å². The Morgan fingerprint density at radius 1 is 1.30 bits per heavy atom. The van der Waals surface area contributed by atoms with Crippen LogP contribution in [-0.4, -0.2) is 17.1 Å². The first kappa shape index (κ1) is 8.45. The minimum atomic E-state index is -1.38. The number of carbonyl (C=O) groups excluding carboxylic acids is 1. The van der Waals surface area contributed by atoms with Crippen molar-refractivity contribution < 1.29 is 16.8 Å². The number of fused-ring (bicyclic) bond motifs is 1. The molecule has 0 saturated heterocycles. The van der Waals surface area contributed by atoms with E-state index in [-0.39, 0.29) is 24.1 Å². The van der Waals surface area contributed by atoms with Crippen molar-refractivity contribution >= 4 is 23.2 Å². The smallest absolute Gasteiger partial charge is 0.253 e. The standard InChI is InChI=1S/C16H14ClNO2/c17-11-6-7-14-13(8-11)12(9-15(19)16(20)18-14)10-4-2-1-3-5-10/h1-8,12,15,19H,9H2,(H,18,20)/i1D,2D,3D,4D,5D. The van der Waals surface area contributed by atoms with Gasteiger partial charge in [-0.3, -0.25) is 4.79 Å². The molecule has 2 aromatic carbocycles. The second-order valence-corrected chi connectivity index (χ2v) is 5.00. The van der Waals surface area contributed by atoms with Gasteiger partial charge in [-0.1, -0.05) is 41.8 Å². The molecule has 0 aliphatic carbocycles. The van der Waals surface area contributed by atoms with E-state index in [9.17, 15) is 9.90 Å². The predicted molar refractivity (Wildman–Crippen MR) is 79.0 cm³/mol. The Kier molecular flexibility index (Phi) is 2.23. The largest absolute Gasteiger partial charge is 0.383 e. The van der Waals surface area contributed by atoms with Crippen molar-refractivity contribution in [2.24, 2.45) is 0 Å². The van der Waals surface area contributed by atoms with Crippen LogP contribution in [0, 0.1) is 0 Å². The Hall–Kier alpha value is -1.84. The third kappa shape index (κ3) is 2.42. The number of hydrogen-bond donors (Lipinski definition) is 2. The third-order valence-corrected chi connectivity index (χ3v) is 3.51. The molecule has 0 spiro atoms. The van der Waals surface area contributed by atoms with Gasteiger partial charge in [0.25, 0.3) is 5.91 Å². The van der Waals surface area contributed by atoms with Gasteiger partial charge < -0.3 is 10.4 Å². The predicted octanol–water partition coefficient (Wildman–Crippen LogP) is 3.18. The molecule has 2 atom stereocenters. The maximum Gasteiger partial charge on any atom is 0.253 e. The minimum Gasteiger partial charge on any atom is -0.383 e. The number of carbonyl (C=O) groups is 1. The van der Waals surface area contributed by atoms with E-state index in [1.165, 1.54) is 0 Å². The fourth-order valence-electron chi connectivity index (χ4n) is 2.32. The highest BCUT2D eigenvalue weighted by molar-refractivity contribution is 6.30. The van der Waals surface area contributed by atoms with Crippen molar-refractivity contribution in [3.8, 4) is 0 Å². The first-order valence-corrected chi connectivity index (χ1v) is 6.45. The van der Waals surface area contributed by atoms with Crippen LogP contribution in [0.5, 0.6) is 0 Å². The van der Waals surface area contributed by atoms with Gasteiger partial charge in [0.15, 0.2) is 0 Å². The first-order chi connectivity index (χ1) is 11.7. The lowest BCUT2D eigenvalue weighted by atomic mass is 9.87. The number of rotatable bonds is 1. The number of amides is 1. The van der Waals surface area contributed by atoms with Gasteiger partial charge >= 0.3 is 0 Å². The van der Waals surface area contributed by atoms with E-state index in [2.05, 4.69) is 5.32 Å². The topological polar surface area (TPSA) is 49.3 Å². The first-order valence-electron chi connectivity index (χ1n) is 8.57. The van der Waals surface area contributed by atoms with E-state index in [1.807, 2.05) is 0 Å². The molecule has 0 fully saturated rings. The molecule has 4 heteroatoms. The molecule has 0 saturated carbocycles. The van der Waals surface area contributed by atoms with Crippen molar-refractivity contribution in [3.05, 3.63) is 64.6 Å². The van der Waals surface area contributed by atoms with Gasteiger partial charge in [0.05, 0.1) is 6.85 Å². The van der Waals surface area contributed by atoms with E-state index in [4.69, 9.17) is 18.5 Å².